The number of carbonyl (C=O) groups is 2. The molecule has 7 heterocycles. The summed E-state index contributed by atoms with van der Waals surface area (Å²) in [5, 5.41) is 11.2. The number of amides is 2. The summed E-state index contributed by atoms with van der Waals surface area (Å²) in [7, 11) is -1.65. The Labute approximate surface area is 693 Å². The SMILES string of the molecule is CC(C)(C)OC(=O)N1CCC[C@H]1COc1cncc(Br)c1.CC(C)(C)OC(=O)N1CCC[C@H]1COc1cncc(N2CCC(CCOCc3ccccc3)CC2)c1.CC1(C)c2cccc(P(c3ccccc3)c3ccccc3)c2Oc2c(P(c3ccccc3)c3ccccc3)cccc21.c1ccc(COCCC2CCNCC2)cc1. The number of pyridine rings is 2. The second-order valence-corrected chi connectivity index (χ2v) is 37.9. The van der Waals surface area contributed by atoms with Crippen LogP contribution in [-0.2, 0) is 37.6 Å². The highest BCUT2D eigenvalue weighted by Gasteiger charge is 2.40. The Morgan fingerprint density at radius 1 is 0.478 bits per heavy atom. The predicted octanol–water partition coefficient (Wildman–Crippen LogP) is 19.5. The molecule has 0 aliphatic carbocycles. The van der Waals surface area contributed by atoms with E-state index in [9.17, 15) is 9.59 Å². The van der Waals surface area contributed by atoms with Crippen LogP contribution in [0.5, 0.6) is 23.0 Å². The summed E-state index contributed by atoms with van der Waals surface area (Å²) in [5.74, 6) is 5.04. The second-order valence-electron chi connectivity index (χ2n) is 32.6. The Morgan fingerprint density at radius 2 is 0.870 bits per heavy atom. The van der Waals surface area contributed by atoms with E-state index in [1.165, 1.54) is 86.4 Å². The average Bonchev–Trinajstić information content (AvgIpc) is 0.917. The van der Waals surface area contributed by atoms with Gasteiger partial charge in [0.2, 0.25) is 0 Å². The zero-order valence-corrected chi connectivity index (χ0v) is 71.7. The van der Waals surface area contributed by atoms with Crippen molar-refractivity contribution in [1.82, 2.24) is 25.1 Å². The van der Waals surface area contributed by atoms with Gasteiger partial charge in [0.05, 0.1) is 49.6 Å². The van der Waals surface area contributed by atoms with Crippen LogP contribution in [0.4, 0.5) is 15.3 Å². The van der Waals surface area contributed by atoms with Gasteiger partial charge in [-0.3, -0.25) is 9.97 Å². The van der Waals surface area contributed by atoms with Crippen molar-refractivity contribution in [2.24, 2.45) is 11.8 Å². The van der Waals surface area contributed by atoms with E-state index >= 15 is 0 Å². The van der Waals surface area contributed by atoms with E-state index in [2.05, 4.69) is 262 Å². The molecule has 2 aromatic heterocycles. The van der Waals surface area contributed by atoms with Crippen molar-refractivity contribution in [2.75, 3.05) is 70.6 Å². The van der Waals surface area contributed by atoms with E-state index in [1.54, 1.807) is 28.4 Å². The number of likely N-dealkylation sites (tertiary alicyclic amines) is 2. The topological polar surface area (TPSA) is 146 Å². The van der Waals surface area contributed by atoms with Crippen LogP contribution in [-0.4, -0.2) is 121 Å². The molecule has 4 saturated heterocycles. The number of hydrogen-bond donors (Lipinski definition) is 1. The van der Waals surface area contributed by atoms with Crippen LogP contribution in [0.15, 0.2) is 260 Å². The lowest BCUT2D eigenvalue weighted by atomic mass is 9.76. The van der Waals surface area contributed by atoms with Crippen molar-refractivity contribution in [3.63, 3.8) is 0 Å². The van der Waals surface area contributed by atoms with Gasteiger partial charge in [0.25, 0.3) is 0 Å². The quantitative estimate of drug-likeness (QED) is 0.0479. The number of piperidine rings is 2. The van der Waals surface area contributed by atoms with Crippen molar-refractivity contribution < 1.29 is 42.7 Å². The zero-order valence-electron chi connectivity index (χ0n) is 68.3. The number of rotatable bonds is 23. The number of carbonyl (C=O) groups excluding carboxylic acids is 2. The molecule has 8 aromatic carbocycles. The Bertz CT molecular complexity index is 4400. The molecule has 0 unspecified atom stereocenters. The van der Waals surface area contributed by atoms with Crippen molar-refractivity contribution in [1.29, 1.82) is 0 Å². The number of benzene rings is 8. The number of aromatic nitrogens is 2. The van der Waals surface area contributed by atoms with Crippen LogP contribution < -0.4 is 56.3 Å². The van der Waals surface area contributed by atoms with Gasteiger partial charge in [0.1, 0.15) is 47.4 Å². The number of anilines is 1. The lowest BCUT2D eigenvalue weighted by Gasteiger charge is -2.38. The van der Waals surface area contributed by atoms with Crippen molar-refractivity contribution >= 4 is 81.5 Å². The van der Waals surface area contributed by atoms with Gasteiger partial charge >= 0.3 is 12.2 Å². The smallest absolute Gasteiger partial charge is 0.410 e. The number of fused-ring (bicyclic) bond motifs is 2. The molecule has 2 atom stereocenters. The molecule has 15 nitrogen and oxygen atoms in total. The molecule has 0 radical (unpaired) electrons. The summed E-state index contributed by atoms with van der Waals surface area (Å²) >= 11 is 3.36. The fraction of sp³-hybridized carbons (Fsp3) is 0.381. The predicted molar refractivity (Wildman–Crippen MR) is 474 cm³/mol. The molecule has 115 heavy (non-hydrogen) atoms. The number of nitrogens with one attached hydrogen (secondary N) is 1. The third-order valence-corrected chi connectivity index (χ3v) is 26.7. The molecule has 0 saturated carbocycles. The highest BCUT2D eigenvalue weighted by atomic mass is 79.9. The fourth-order valence-electron chi connectivity index (χ4n) is 15.3. The van der Waals surface area contributed by atoms with Gasteiger partial charge in [-0.2, -0.15) is 0 Å². The minimum absolute atomic E-state index is 0.0309. The molecular formula is C97H115BrN6O9P2. The fourth-order valence-corrected chi connectivity index (χ4v) is 20.5. The molecule has 0 bridgehead atoms. The summed E-state index contributed by atoms with van der Waals surface area (Å²) in [6, 6.07) is 81.9. The number of nitrogens with zero attached hydrogens (tertiary/aromatic N) is 5. The first kappa shape index (κ1) is 85.4. The Morgan fingerprint density at radius 3 is 1.28 bits per heavy atom. The lowest BCUT2D eigenvalue weighted by molar-refractivity contribution is 0.0177. The molecule has 4 fully saturated rings. The maximum Gasteiger partial charge on any atom is 0.410 e. The third-order valence-electron chi connectivity index (χ3n) is 21.4. The number of halogens is 1. The average molecular weight is 1650 g/mol. The summed E-state index contributed by atoms with van der Waals surface area (Å²) in [6.45, 7) is 25.9. The van der Waals surface area contributed by atoms with Gasteiger partial charge in [0.15, 0.2) is 0 Å². The van der Waals surface area contributed by atoms with E-state index in [-0.39, 0.29) is 29.7 Å². The molecule has 10 aromatic rings. The van der Waals surface area contributed by atoms with Crippen LogP contribution in [0, 0.1) is 11.8 Å². The molecule has 18 heteroatoms. The summed E-state index contributed by atoms with van der Waals surface area (Å²) in [6.07, 6.45) is 17.6. The number of ether oxygens (including phenoxy) is 7. The van der Waals surface area contributed by atoms with Gasteiger partial charge in [-0.05, 0) is 201 Å². The van der Waals surface area contributed by atoms with Gasteiger partial charge in [0, 0.05) is 83.3 Å². The Kier molecular flexibility index (Phi) is 31.4. The normalized spacial score (nSPS) is 16.6. The van der Waals surface area contributed by atoms with E-state index in [0.717, 1.165) is 118 Å². The number of hydrogen-bond acceptors (Lipinski definition) is 13. The molecule has 5 aliphatic heterocycles. The maximum atomic E-state index is 12.5. The molecule has 0 spiro atoms. The van der Waals surface area contributed by atoms with Crippen molar-refractivity contribution in [2.45, 2.75) is 162 Å². The minimum atomic E-state index is -0.824. The van der Waals surface area contributed by atoms with Crippen LogP contribution in [0.1, 0.15) is 142 Å². The first-order chi connectivity index (χ1) is 55.8. The minimum Gasteiger partial charge on any atom is -0.490 e. The van der Waals surface area contributed by atoms with E-state index in [1.807, 2.05) is 65.9 Å². The van der Waals surface area contributed by atoms with Crippen LogP contribution in [0.25, 0.3) is 0 Å². The monoisotopic (exact) mass is 1650 g/mol. The molecule has 15 rings (SSSR count). The van der Waals surface area contributed by atoms with Crippen LogP contribution in [0.3, 0.4) is 0 Å². The third kappa shape index (κ3) is 25.0. The van der Waals surface area contributed by atoms with Gasteiger partial charge in [-0.1, -0.05) is 232 Å². The lowest BCUT2D eigenvalue weighted by Crippen LogP contribution is -2.42. The largest absolute Gasteiger partial charge is 0.490 e. The number of para-hydroxylation sites is 2. The second kappa shape index (κ2) is 42.2. The molecule has 604 valence electrons. The summed E-state index contributed by atoms with van der Waals surface area (Å²) in [4.78, 5) is 39.1. The van der Waals surface area contributed by atoms with Gasteiger partial charge in [-0.15, -0.1) is 0 Å². The van der Waals surface area contributed by atoms with Gasteiger partial charge < -0.3 is 53.2 Å². The van der Waals surface area contributed by atoms with Crippen LogP contribution in [0.2, 0.25) is 0 Å². The molecule has 1 N–H and O–H groups in total. The van der Waals surface area contributed by atoms with Crippen molar-refractivity contribution in [3.05, 3.63) is 282 Å². The highest BCUT2D eigenvalue weighted by molar-refractivity contribution is 9.10. The first-order valence-electron chi connectivity index (χ1n) is 41.0. The first-order valence-corrected chi connectivity index (χ1v) is 44.5. The maximum absolute atomic E-state index is 12.5. The van der Waals surface area contributed by atoms with E-state index in [4.69, 9.17) is 33.2 Å². The van der Waals surface area contributed by atoms with Gasteiger partial charge in [-0.25, -0.2) is 9.59 Å². The van der Waals surface area contributed by atoms with E-state index in [0.29, 0.717) is 38.0 Å². The van der Waals surface area contributed by atoms with E-state index < -0.39 is 27.0 Å². The Hall–Kier alpha value is -8.98. The summed E-state index contributed by atoms with van der Waals surface area (Å²) < 4.78 is 42.6. The molecule has 5 aliphatic rings. The zero-order chi connectivity index (χ0) is 80.4. The summed E-state index contributed by atoms with van der Waals surface area (Å²) in [5.41, 5.74) is 4.89. The Balaban J connectivity index is 0.000000151. The van der Waals surface area contributed by atoms with Crippen LogP contribution >= 0.6 is 31.8 Å². The molecular weight excluding hydrogens is 1530 g/mol. The highest BCUT2D eigenvalue weighted by Crippen LogP contribution is 2.52. The standard InChI is InChI=1S/C39H32OP2.C29H41N3O4.C15H21BrN2O3.C14H21NO/c1-39(2)33-25-15-27-35(41(29-17-7-3-8-18-29)30-19-9-4-10-20-30)37(33)40-38-34(39)26-16-28-36(38)42(31-21-11-5-12-22-31)32-23-13-6-14-24-32;1-29(2,3)36-28(33)32-14-7-10-25(32)22-35-27-18-26(19-30-20-27)31-15-11-23(12-16-31)13-17-34-21-24-8-5-4-6-9-24;1-15(2,3)21-14(19)18-6-4-5-12(18)10-20-13-7-11(16)8-17-9-13;1-2-4-14(5-3-1)12-16-11-8-13-6-9-15-10-7-13/h3-28H,1-2H3;4-6,8-9,18-20,23,25H,7,10-17,21-22H2,1-3H3;7-9,12H,4-6,10H2,1-3H3;1-5,13,15H,6-12H2/t;25-;12-;/m.00./s1. The van der Waals surface area contributed by atoms with Crippen molar-refractivity contribution in [3.8, 4) is 23.0 Å². The molecule has 2 amide bonds.